The molecule has 0 saturated heterocycles. The van der Waals surface area contributed by atoms with Crippen molar-refractivity contribution in [3.8, 4) is 5.75 Å². The second-order valence-electron chi connectivity index (χ2n) is 5.29. The van der Waals surface area contributed by atoms with Gasteiger partial charge in [0.25, 0.3) is 5.91 Å². The number of nitrogens with zero attached hydrogens (tertiary/aromatic N) is 1. The Kier molecular flexibility index (Phi) is 5.78. The molecule has 0 aliphatic rings. The lowest BCUT2D eigenvalue weighted by molar-refractivity contribution is -0.119. The Morgan fingerprint density at radius 1 is 1.00 bits per heavy atom. The van der Waals surface area contributed by atoms with Gasteiger partial charge in [-0.2, -0.15) is 0 Å². The summed E-state index contributed by atoms with van der Waals surface area (Å²) in [7, 11) is 5.42. The molecule has 0 heterocycles. The maximum absolute atomic E-state index is 11.9. The second-order valence-corrected chi connectivity index (χ2v) is 5.29. The van der Waals surface area contributed by atoms with E-state index in [-0.39, 0.29) is 6.61 Å². The van der Waals surface area contributed by atoms with E-state index in [0.717, 1.165) is 5.69 Å². The smallest absolute Gasteiger partial charge is 0.338 e. The third-order valence-corrected chi connectivity index (χ3v) is 3.33. The Hall–Kier alpha value is -3.02. The fourth-order valence-electron chi connectivity index (χ4n) is 1.98. The summed E-state index contributed by atoms with van der Waals surface area (Å²) in [6, 6.07) is 13.8. The maximum Gasteiger partial charge on any atom is 0.338 e. The quantitative estimate of drug-likeness (QED) is 0.826. The molecular weight excluding hydrogens is 308 g/mol. The number of rotatable bonds is 6. The molecule has 6 heteroatoms. The summed E-state index contributed by atoms with van der Waals surface area (Å²) < 4.78 is 10.0. The number of carbonyl (C=O) groups is 2. The molecule has 6 nitrogen and oxygen atoms in total. The third kappa shape index (κ3) is 4.74. The SMILES string of the molecule is COc1ccc(C(=O)OCC(=O)Nc2ccc(N(C)C)cc2)cc1. The maximum atomic E-state index is 11.9. The Morgan fingerprint density at radius 2 is 1.62 bits per heavy atom. The van der Waals surface area contributed by atoms with E-state index in [2.05, 4.69) is 5.32 Å². The molecule has 0 bridgehead atoms. The number of anilines is 2. The number of methoxy groups -OCH3 is 1. The van der Waals surface area contributed by atoms with Crippen LogP contribution in [0, 0.1) is 0 Å². The van der Waals surface area contributed by atoms with Crippen LogP contribution in [0.5, 0.6) is 5.75 Å². The number of benzene rings is 2. The third-order valence-electron chi connectivity index (χ3n) is 3.33. The van der Waals surface area contributed by atoms with Crippen LogP contribution in [0.25, 0.3) is 0 Å². The zero-order chi connectivity index (χ0) is 17.5. The van der Waals surface area contributed by atoms with Crippen LogP contribution in [0.4, 0.5) is 11.4 Å². The van der Waals surface area contributed by atoms with E-state index in [1.54, 1.807) is 43.5 Å². The van der Waals surface area contributed by atoms with Gasteiger partial charge in [-0.15, -0.1) is 0 Å². The fourth-order valence-corrected chi connectivity index (χ4v) is 1.98. The first-order valence-electron chi connectivity index (χ1n) is 7.38. The van der Waals surface area contributed by atoms with Gasteiger partial charge in [0.1, 0.15) is 5.75 Å². The zero-order valence-electron chi connectivity index (χ0n) is 13.9. The molecular formula is C18H20N2O4. The van der Waals surface area contributed by atoms with Crippen molar-refractivity contribution in [1.82, 2.24) is 0 Å². The average molecular weight is 328 g/mol. The summed E-state index contributed by atoms with van der Waals surface area (Å²) in [4.78, 5) is 25.7. The molecule has 2 aromatic rings. The topological polar surface area (TPSA) is 67.9 Å². The van der Waals surface area contributed by atoms with Crippen LogP contribution in [-0.4, -0.2) is 39.7 Å². The Morgan fingerprint density at radius 3 is 2.17 bits per heavy atom. The zero-order valence-corrected chi connectivity index (χ0v) is 13.9. The monoisotopic (exact) mass is 328 g/mol. The molecule has 0 spiro atoms. The Labute approximate surface area is 141 Å². The van der Waals surface area contributed by atoms with Gasteiger partial charge in [-0.3, -0.25) is 4.79 Å². The van der Waals surface area contributed by atoms with Crippen molar-refractivity contribution in [2.24, 2.45) is 0 Å². The number of carbonyl (C=O) groups excluding carboxylic acids is 2. The van der Waals surface area contributed by atoms with Crippen molar-refractivity contribution in [2.45, 2.75) is 0 Å². The van der Waals surface area contributed by atoms with E-state index in [0.29, 0.717) is 17.0 Å². The van der Waals surface area contributed by atoms with Gasteiger partial charge < -0.3 is 19.7 Å². The predicted octanol–water partition coefficient (Wildman–Crippen LogP) is 2.56. The van der Waals surface area contributed by atoms with Crippen molar-refractivity contribution < 1.29 is 19.1 Å². The highest BCUT2D eigenvalue weighted by molar-refractivity contribution is 5.95. The second kappa shape index (κ2) is 8.01. The number of amides is 1. The first-order valence-corrected chi connectivity index (χ1v) is 7.38. The number of nitrogens with one attached hydrogen (secondary N) is 1. The van der Waals surface area contributed by atoms with Crippen molar-refractivity contribution in [3.63, 3.8) is 0 Å². The molecule has 126 valence electrons. The minimum absolute atomic E-state index is 0.347. The van der Waals surface area contributed by atoms with E-state index >= 15 is 0 Å². The molecule has 0 radical (unpaired) electrons. The molecule has 0 aliphatic heterocycles. The molecule has 0 aliphatic carbocycles. The number of hydrogen-bond acceptors (Lipinski definition) is 5. The summed E-state index contributed by atoms with van der Waals surface area (Å²) in [5, 5.41) is 2.68. The van der Waals surface area contributed by atoms with Gasteiger partial charge in [0, 0.05) is 25.5 Å². The molecule has 0 saturated carbocycles. The van der Waals surface area contributed by atoms with Crippen molar-refractivity contribution in [2.75, 3.05) is 38.0 Å². The average Bonchev–Trinajstić information content (AvgIpc) is 2.60. The fraction of sp³-hybridized carbons (Fsp3) is 0.222. The molecule has 0 unspecified atom stereocenters. The van der Waals surface area contributed by atoms with Crippen LogP contribution in [0.1, 0.15) is 10.4 Å². The lowest BCUT2D eigenvalue weighted by atomic mass is 10.2. The summed E-state index contributed by atoms with van der Waals surface area (Å²) in [5.74, 6) is -0.310. The summed E-state index contributed by atoms with van der Waals surface area (Å²) in [5.41, 5.74) is 2.03. The molecule has 2 aromatic carbocycles. The van der Waals surface area contributed by atoms with Gasteiger partial charge in [-0.05, 0) is 48.5 Å². The first-order chi connectivity index (χ1) is 11.5. The van der Waals surface area contributed by atoms with E-state index in [1.165, 1.54) is 0 Å². The van der Waals surface area contributed by atoms with Crippen LogP contribution in [0.2, 0.25) is 0 Å². The van der Waals surface area contributed by atoms with Gasteiger partial charge in [-0.25, -0.2) is 4.79 Å². The van der Waals surface area contributed by atoms with Crippen molar-refractivity contribution in [3.05, 3.63) is 54.1 Å². The largest absolute Gasteiger partial charge is 0.497 e. The molecule has 0 fully saturated rings. The Balaban J connectivity index is 1.84. The highest BCUT2D eigenvalue weighted by atomic mass is 16.5. The molecule has 24 heavy (non-hydrogen) atoms. The van der Waals surface area contributed by atoms with Crippen LogP contribution in [0.3, 0.4) is 0 Å². The van der Waals surface area contributed by atoms with Crippen molar-refractivity contribution in [1.29, 1.82) is 0 Å². The molecule has 0 aromatic heterocycles. The van der Waals surface area contributed by atoms with Crippen LogP contribution >= 0.6 is 0 Å². The highest BCUT2D eigenvalue weighted by Gasteiger charge is 2.10. The Bertz CT molecular complexity index is 694. The van der Waals surface area contributed by atoms with Crippen LogP contribution < -0.4 is 15.0 Å². The van der Waals surface area contributed by atoms with Gasteiger partial charge in [0.15, 0.2) is 6.61 Å². The van der Waals surface area contributed by atoms with Crippen LogP contribution in [-0.2, 0) is 9.53 Å². The predicted molar refractivity (Wildman–Crippen MR) is 92.7 cm³/mol. The van der Waals surface area contributed by atoms with E-state index in [9.17, 15) is 9.59 Å². The minimum atomic E-state index is -0.559. The number of ether oxygens (including phenoxy) is 2. The lowest BCUT2D eigenvalue weighted by Crippen LogP contribution is -2.21. The summed E-state index contributed by atoms with van der Waals surface area (Å²) in [6.45, 7) is -0.347. The van der Waals surface area contributed by atoms with Gasteiger partial charge in [0.05, 0.1) is 12.7 Å². The van der Waals surface area contributed by atoms with E-state index < -0.39 is 11.9 Å². The van der Waals surface area contributed by atoms with E-state index in [4.69, 9.17) is 9.47 Å². The number of hydrogen-bond donors (Lipinski definition) is 1. The van der Waals surface area contributed by atoms with Crippen LogP contribution in [0.15, 0.2) is 48.5 Å². The standard InChI is InChI=1S/C18H20N2O4/c1-20(2)15-8-6-14(7-9-15)19-17(21)12-24-18(22)13-4-10-16(23-3)11-5-13/h4-11H,12H2,1-3H3,(H,19,21). The molecule has 1 N–H and O–H groups in total. The first kappa shape index (κ1) is 17.3. The molecule has 2 rings (SSSR count). The van der Waals surface area contributed by atoms with Crippen molar-refractivity contribution >= 4 is 23.3 Å². The summed E-state index contributed by atoms with van der Waals surface area (Å²) >= 11 is 0. The molecule has 1 amide bonds. The minimum Gasteiger partial charge on any atom is -0.497 e. The van der Waals surface area contributed by atoms with E-state index in [1.807, 2.05) is 31.1 Å². The number of esters is 1. The highest BCUT2D eigenvalue weighted by Crippen LogP contribution is 2.16. The summed E-state index contributed by atoms with van der Waals surface area (Å²) in [6.07, 6.45) is 0. The normalized spacial score (nSPS) is 9.96. The van der Waals surface area contributed by atoms with Gasteiger partial charge in [-0.1, -0.05) is 0 Å². The molecule has 0 atom stereocenters. The lowest BCUT2D eigenvalue weighted by Gasteiger charge is -2.13. The van der Waals surface area contributed by atoms with Gasteiger partial charge >= 0.3 is 5.97 Å². The van der Waals surface area contributed by atoms with Gasteiger partial charge in [0.2, 0.25) is 0 Å².